The van der Waals surface area contributed by atoms with Gasteiger partial charge in [-0.15, -0.1) is 0 Å². The minimum atomic E-state index is -1.93. The molecule has 0 radical (unpaired) electrons. The number of methoxy groups -OCH3 is 2. The van der Waals surface area contributed by atoms with Gasteiger partial charge in [-0.05, 0) is 35.4 Å². The van der Waals surface area contributed by atoms with Crippen LogP contribution in [0.15, 0.2) is 91.0 Å². The van der Waals surface area contributed by atoms with Crippen molar-refractivity contribution in [2.24, 2.45) is 0 Å². The molecule has 35 heavy (non-hydrogen) atoms. The monoisotopic (exact) mass is 469 g/mol. The lowest BCUT2D eigenvalue weighted by molar-refractivity contribution is -0.140. The number of anilines is 1. The lowest BCUT2D eigenvalue weighted by atomic mass is 9.90. The number of carbonyl (C=O) groups excluding carboxylic acids is 2. The minimum Gasteiger partial charge on any atom is -0.493 e. The zero-order valence-corrected chi connectivity index (χ0v) is 19.7. The molecular weight excluding hydrogens is 442 g/mol. The summed E-state index contributed by atoms with van der Waals surface area (Å²) in [7, 11) is 3.10. The van der Waals surface area contributed by atoms with Gasteiger partial charge < -0.3 is 19.5 Å². The van der Waals surface area contributed by atoms with Gasteiger partial charge in [-0.1, -0.05) is 72.8 Å². The van der Waals surface area contributed by atoms with Crippen molar-refractivity contribution in [3.63, 3.8) is 0 Å². The van der Waals surface area contributed by atoms with E-state index in [9.17, 15) is 14.7 Å². The van der Waals surface area contributed by atoms with Crippen molar-refractivity contribution in [1.29, 1.82) is 0 Å². The highest BCUT2D eigenvalue weighted by Crippen LogP contribution is 2.43. The number of benzene rings is 3. The highest BCUT2D eigenvalue weighted by Gasteiger charge is 2.50. The van der Waals surface area contributed by atoms with Gasteiger partial charge in [0.15, 0.2) is 22.9 Å². The third kappa shape index (κ3) is 5.03. The summed E-state index contributed by atoms with van der Waals surface area (Å²) < 4.78 is 10.7. The zero-order chi connectivity index (χ0) is 24.8. The van der Waals surface area contributed by atoms with Gasteiger partial charge in [-0.2, -0.15) is 0 Å². The van der Waals surface area contributed by atoms with Crippen LogP contribution in [0.1, 0.15) is 23.1 Å². The molecular formula is C29H27NO5. The number of hydrogen-bond acceptors (Lipinski definition) is 5. The lowest BCUT2D eigenvalue weighted by Crippen LogP contribution is -2.41. The van der Waals surface area contributed by atoms with Crippen molar-refractivity contribution in [2.75, 3.05) is 19.1 Å². The second kappa shape index (κ2) is 10.4. The van der Waals surface area contributed by atoms with Crippen molar-refractivity contribution >= 4 is 23.5 Å². The Hall–Kier alpha value is -4.16. The molecule has 0 fully saturated rings. The zero-order valence-electron chi connectivity index (χ0n) is 19.7. The normalized spacial score (nSPS) is 17.2. The van der Waals surface area contributed by atoms with Crippen LogP contribution in [-0.2, 0) is 21.7 Å². The molecule has 4 rings (SSSR count). The van der Waals surface area contributed by atoms with Crippen molar-refractivity contribution in [3.8, 4) is 11.5 Å². The first-order valence-electron chi connectivity index (χ1n) is 11.2. The van der Waals surface area contributed by atoms with E-state index in [-0.39, 0.29) is 18.7 Å². The molecule has 6 heteroatoms. The van der Waals surface area contributed by atoms with Gasteiger partial charge in [0, 0.05) is 5.56 Å². The number of carbonyl (C=O) groups is 2. The molecule has 3 aromatic rings. The molecule has 3 aromatic carbocycles. The summed E-state index contributed by atoms with van der Waals surface area (Å²) in [4.78, 5) is 27.7. The van der Waals surface area contributed by atoms with Crippen molar-refractivity contribution in [2.45, 2.75) is 18.6 Å². The third-order valence-corrected chi connectivity index (χ3v) is 5.94. The van der Waals surface area contributed by atoms with E-state index in [1.807, 2.05) is 42.5 Å². The molecule has 0 bridgehead atoms. The van der Waals surface area contributed by atoms with Gasteiger partial charge in [-0.3, -0.25) is 9.59 Å². The van der Waals surface area contributed by atoms with Gasteiger partial charge in [0.05, 0.1) is 32.9 Å². The second-order valence-electron chi connectivity index (χ2n) is 8.23. The van der Waals surface area contributed by atoms with Gasteiger partial charge in [0.2, 0.25) is 0 Å². The first-order valence-corrected chi connectivity index (χ1v) is 11.2. The molecule has 178 valence electrons. The molecule has 0 aromatic heterocycles. The van der Waals surface area contributed by atoms with Crippen LogP contribution in [0.25, 0.3) is 6.08 Å². The largest absolute Gasteiger partial charge is 0.493 e. The molecule has 0 saturated heterocycles. The SMILES string of the molecule is COc1ccc(CN2C(=O)[C@@](O)(CC(=O)/C=C/C=C\c3ccccc3)c3ccccc32)cc1OC. The fraction of sp³-hybridized carbons (Fsp3) is 0.172. The predicted octanol–water partition coefficient (Wildman–Crippen LogP) is 4.67. The first kappa shape index (κ1) is 24.0. The number of para-hydroxylation sites is 1. The Bertz CT molecular complexity index is 1280. The summed E-state index contributed by atoms with van der Waals surface area (Å²) in [6, 6.07) is 22.1. The molecule has 1 amide bonds. The standard InChI is InChI=1S/C29H27NO5/c1-34-26-17-16-22(18-27(26)35-2)20-30-25-15-9-8-14-24(25)29(33,28(30)32)19-23(31)13-7-6-12-21-10-4-3-5-11-21/h3-18,33H,19-20H2,1-2H3/b12-6-,13-7+/t29-/m1/s1. The summed E-state index contributed by atoms with van der Waals surface area (Å²) in [6.45, 7) is 0.211. The summed E-state index contributed by atoms with van der Waals surface area (Å²) in [5, 5.41) is 11.4. The number of ether oxygens (including phenoxy) is 2. The molecule has 0 unspecified atom stereocenters. The smallest absolute Gasteiger partial charge is 0.264 e. The van der Waals surface area contributed by atoms with Crippen LogP contribution in [-0.4, -0.2) is 31.0 Å². The number of fused-ring (bicyclic) bond motifs is 1. The van der Waals surface area contributed by atoms with E-state index in [1.54, 1.807) is 62.8 Å². The Balaban J connectivity index is 1.53. The van der Waals surface area contributed by atoms with Crippen LogP contribution in [0.2, 0.25) is 0 Å². The van der Waals surface area contributed by atoms with Crippen LogP contribution in [0, 0.1) is 0 Å². The van der Waals surface area contributed by atoms with Crippen molar-refractivity contribution in [1.82, 2.24) is 0 Å². The minimum absolute atomic E-state index is 0.211. The van der Waals surface area contributed by atoms with E-state index < -0.39 is 11.5 Å². The Morgan fingerprint density at radius 2 is 1.66 bits per heavy atom. The molecule has 1 aliphatic rings. The molecule has 1 heterocycles. The van der Waals surface area contributed by atoms with Gasteiger partial charge >= 0.3 is 0 Å². The average molecular weight is 470 g/mol. The van der Waals surface area contributed by atoms with Gasteiger partial charge in [0.25, 0.3) is 5.91 Å². The van der Waals surface area contributed by atoms with E-state index in [0.29, 0.717) is 22.7 Å². The highest BCUT2D eigenvalue weighted by molar-refractivity contribution is 6.09. The van der Waals surface area contributed by atoms with Gasteiger partial charge in [0.1, 0.15) is 0 Å². The van der Waals surface area contributed by atoms with Crippen LogP contribution in [0.4, 0.5) is 5.69 Å². The second-order valence-corrected chi connectivity index (χ2v) is 8.23. The van der Waals surface area contributed by atoms with Crippen LogP contribution in [0.5, 0.6) is 11.5 Å². The maximum atomic E-state index is 13.4. The molecule has 1 atom stereocenters. The molecule has 0 aliphatic carbocycles. The summed E-state index contributed by atoms with van der Waals surface area (Å²) in [5.74, 6) is 0.250. The van der Waals surface area contributed by atoms with Crippen LogP contribution >= 0.6 is 0 Å². The number of allylic oxidation sites excluding steroid dienone is 3. The molecule has 0 spiro atoms. The Kier molecular flexibility index (Phi) is 7.13. The Labute approximate surface area is 204 Å². The predicted molar refractivity (Wildman–Crippen MR) is 135 cm³/mol. The van der Waals surface area contributed by atoms with Crippen LogP contribution in [0.3, 0.4) is 0 Å². The van der Waals surface area contributed by atoms with E-state index in [1.165, 1.54) is 11.0 Å². The number of hydrogen-bond donors (Lipinski definition) is 1. The Morgan fingerprint density at radius 3 is 2.40 bits per heavy atom. The van der Waals surface area contributed by atoms with Crippen molar-refractivity contribution < 1.29 is 24.2 Å². The van der Waals surface area contributed by atoms with Gasteiger partial charge in [-0.25, -0.2) is 0 Å². The maximum Gasteiger partial charge on any atom is 0.264 e. The summed E-state index contributed by atoms with van der Waals surface area (Å²) >= 11 is 0. The molecule has 0 saturated carbocycles. The van der Waals surface area contributed by atoms with E-state index in [2.05, 4.69) is 0 Å². The molecule has 1 aliphatic heterocycles. The number of amides is 1. The first-order chi connectivity index (χ1) is 17.0. The molecule has 1 N–H and O–H groups in total. The quantitative estimate of drug-likeness (QED) is 0.364. The topological polar surface area (TPSA) is 76.1 Å². The number of nitrogens with zero attached hydrogens (tertiary/aromatic N) is 1. The summed E-state index contributed by atoms with van der Waals surface area (Å²) in [6.07, 6.45) is 6.28. The molecule has 6 nitrogen and oxygen atoms in total. The average Bonchev–Trinajstić information content (AvgIpc) is 3.09. The maximum absolute atomic E-state index is 13.4. The number of ketones is 1. The lowest BCUT2D eigenvalue weighted by Gasteiger charge is -2.22. The Morgan fingerprint density at radius 1 is 0.943 bits per heavy atom. The fourth-order valence-electron chi connectivity index (χ4n) is 4.20. The van der Waals surface area contributed by atoms with E-state index in [4.69, 9.17) is 9.47 Å². The summed E-state index contributed by atoms with van der Waals surface area (Å²) in [5.41, 5.74) is 0.876. The fourth-order valence-corrected chi connectivity index (χ4v) is 4.20. The third-order valence-electron chi connectivity index (χ3n) is 5.94. The number of rotatable bonds is 9. The number of aliphatic hydroxyl groups is 1. The van der Waals surface area contributed by atoms with Crippen molar-refractivity contribution in [3.05, 3.63) is 108 Å². The highest BCUT2D eigenvalue weighted by atomic mass is 16.5. The van der Waals surface area contributed by atoms with Crippen LogP contribution < -0.4 is 14.4 Å². The van der Waals surface area contributed by atoms with E-state index in [0.717, 1.165) is 11.1 Å². The van der Waals surface area contributed by atoms with E-state index >= 15 is 0 Å².